The Balaban J connectivity index is 2.17. The largest absolute Gasteiger partial charge is 0.448 e. The van der Waals surface area contributed by atoms with Gasteiger partial charge in [-0.2, -0.15) is 15.8 Å². The van der Waals surface area contributed by atoms with Gasteiger partial charge >= 0.3 is 0 Å². The lowest BCUT2D eigenvalue weighted by Gasteiger charge is -2.44. The highest BCUT2D eigenvalue weighted by Crippen LogP contribution is 2.60. The van der Waals surface area contributed by atoms with Crippen LogP contribution < -0.4 is 0 Å². The third-order valence-corrected chi connectivity index (χ3v) is 4.91. The first kappa shape index (κ1) is 15.0. The maximum Gasteiger partial charge on any atom is 0.214 e. The van der Waals surface area contributed by atoms with Crippen molar-refractivity contribution in [1.82, 2.24) is 0 Å². The quantitative estimate of drug-likeness (QED) is 0.899. The number of nitrogens with zero attached hydrogens (tertiary/aromatic N) is 3. The molecule has 0 amide bonds. The first-order chi connectivity index (χ1) is 11.0. The summed E-state index contributed by atoms with van der Waals surface area (Å²) >= 11 is 0. The Morgan fingerprint density at radius 1 is 1.17 bits per heavy atom. The molecule has 3 atom stereocenters. The Bertz CT molecular complexity index is 772. The minimum Gasteiger partial charge on any atom is -0.448 e. The molecular weight excluding hydrogens is 292 g/mol. The standard InChI is InChI=1S/C17H14N4O2/c1-15-13(7-12-5-3-2-4-6-12)17(10-20,14(21)23-15)16(8-18,9-19)11-22-15/h2-6,13,21H,7,11H2,1H3. The summed E-state index contributed by atoms with van der Waals surface area (Å²) in [5, 5.41) is 37.2. The van der Waals surface area contributed by atoms with Gasteiger partial charge in [-0.3, -0.25) is 5.41 Å². The average molecular weight is 306 g/mol. The number of ether oxygens (including phenoxy) is 2. The molecule has 1 aromatic rings. The third-order valence-electron chi connectivity index (χ3n) is 4.91. The van der Waals surface area contributed by atoms with Crippen molar-refractivity contribution in [2.75, 3.05) is 6.61 Å². The van der Waals surface area contributed by atoms with Crippen LogP contribution in [-0.4, -0.2) is 18.3 Å². The molecule has 0 aliphatic carbocycles. The zero-order chi connectivity index (χ0) is 16.7. The molecule has 1 N–H and O–H groups in total. The van der Waals surface area contributed by atoms with Crippen molar-refractivity contribution in [2.24, 2.45) is 16.7 Å². The van der Waals surface area contributed by atoms with Crippen LogP contribution in [0, 0.1) is 56.2 Å². The van der Waals surface area contributed by atoms with E-state index in [-0.39, 0.29) is 12.5 Å². The Kier molecular flexibility index (Phi) is 3.14. The van der Waals surface area contributed by atoms with Crippen molar-refractivity contribution in [3.63, 3.8) is 0 Å². The number of nitrogens with one attached hydrogen (secondary N) is 1. The van der Waals surface area contributed by atoms with Gasteiger partial charge in [-0.05, 0) is 12.0 Å². The molecule has 0 radical (unpaired) electrons. The molecule has 2 aliphatic rings. The molecule has 0 spiro atoms. The highest BCUT2D eigenvalue weighted by Gasteiger charge is 2.75. The molecular formula is C17H14N4O2. The number of rotatable bonds is 2. The maximum atomic E-state index is 9.87. The molecule has 1 aromatic carbocycles. The second-order valence-corrected chi connectivity index (χ2v) is 6.03. The summed E-state index contributed by atoms with van der Waals surface area (Å²) in [6.07, 6.45) is 0.373. The van der Waals surface area contributed by atoms with Crippen molar-refractivity contribution >= 4 is 5.90 Å². The fourth-order valence-corrected chi connectivity index (χ4v) is 3.57. The molecule has 6 heteroatoms. The maximum absolute atomic E-state index is 9.87. The molecule has 6 nitrogen and oxygen atoms in total. The molecule has 114 valence electrons. The van der Waals surface area contributed by atoms with Crippen LogP contribution >= 0.6 is 0 Å². The Morgan fingerprint density at radius 3 is 2.39 bits per heavy atom. The van der Waals surface area contributed by atoms with Gasteiger partial charge in [0.1, 0.15) is 0 Å². The van der Waals surface area contributed by atoms with Gasteiger partial charge < -0.3 is 9.47 Å². The predicted octanol–water partition coefficient (Wildman–Crippen LogP) is 2.14. The number of benzene rings is 1. The van der Waals surface area contributed by atoms with E-state index in [1.165, 1.54) is 0 Å². The van der Waals surface area contributed by atoms with Crippen LogP contribution in [0.4, 0.5) is 0 Å². The van der Waals surface area contributed by atoms with Crippen LogP contribution in [0.3, 0.4) is 0 Å². The van der Waals surface area contributed by atoms with Gasteiger partial charge in [-0.25, -0.2) is 0 Å². The van der Waals surface area contributed by atoms with Gasteiger partial charge in [0.05, 0.1) is 30.7 Å². The highest BCUT2D eigenvalue weighted by molar-refractivity contribution is 5.88. The monoisotopic (exact) mass is 306 g/mol. The van der Waals surface area contributed by atoms with E-state index in [1.807, 2.05) is 42.5 Å². The van der Waals surface area contributed by atoms with Crippen LogP contribution in [0.25, 0.3) is 0 Å². The SMILES string of the molecule is CC12OCC(C#N)(C#N)C(C#N)(C(=N)O1)C2Cc1ccccc1. The Hall–Kier alpha value is -2.88. The van der Waals surface area contributed by atoms with E-state index < -0.39 is 22.5 Å². The normalized spacial score (nSPS) is 33.8. The van der Waals surface area contributed by atoms with Gasteiger partial charge in [0, 0.05) is 6.92 Å². The van der Waals surface area contributed by atoms with Crippen molar-refractivity contribution in [3.05, 3.63) is 35.9 Å². The fourth-order valence-electron chi connectivity index (χ4n) is 3.57. The molecule has 2 saturated heterocycles. The van der Waals surface area contributed by atoms with E-state index in [0.717, 1.165) is 5.56 Å². The predicted molar refractivity (Wildman–Crippen MR) is 78.5 cm³/mol. The zero-order valence-corrected chi connectivity index (χ0v) is 12.5. The van der Waals surface area contributed by atoms with Gasteiger partial charge in [-0.1, -0.05) is 30.3 Å². The number of nitriles is 3. The summed E-state index contributed by atoms with van der Waals surface area (Å²) in [5.41, 5.74) is -2.47. The van der Waals surface area contributed by atoms with Gasteiger partial charge in [0.15, 0.2) is 10.8 Å². The molecule has 0 aromatic heterocycles. The minimum absolute atomic E-state index is 0.252. The van der Waals surface area contributed by atoms with Crippen molar-refractivity contribution < 1.29 is 9.47 Å². The van der Waals surface area contributed by atoms with E-state index in [0.29, 0.717) is 6.42 Å². The number of hydrogen-bond acceptors (Lipinski definition) is 6. The summed E-state index contributed by atoms with van der Waals surface area (Å²) in [7, 11) is 0. The molecule has 2 fully saturated rings. The highest BCUT2D eigenvalue weighted by atomic mass is 16.7. The number of fused-ring (bicyclic) bond motifs is 2. The summed E-state index contributed by atoms with van der Waals surface area (Å²) in [4.78, 5) is 0. The van der Waals surface area contributed by atoms with Crippen LogP contribution in [0.15, 0.2) is 30.3 Å². The molecule has 2 bridgehead atoms. The van der Waals surface area contributed by atoms with Crippen LogP contribution in [-0.2, 0) is 15.9 Å². The summed E-state index contributed by atoms with van der Waals surface area (Å²) in [6.45, 7) is 1.41. The molecule has 0 saturated carbocycles. The summed E-state index contributed by atoms with van der Waals surface area (Å²) < 4.78 is 11.2. The molecule has 3 rings (SSSR count). The second-order valence-electron chi connectivity index (χ2n) is 6.03. The lowest BCUT2D eigenvalue weighted by atomic mass is 9.56. The number of hydrogen-bond donors (Lipinski definition) is 1. The van der Waals surface area contributed by atoms with Crippen LogP contribution in [0.5, 0.6) is 0 Å². The second kappa shape index (κ2) is 4.81. The Labute approximate surface area is 134 Å². The lowest BCUT2D eigenvalue weighted by molar-refractivity contribution is -0.234. The first-order valence-corrected chi connectivity index (χ1v) is 7.18. The van der Waals surface area contributed by atoms with Gasteiger partial charge in [0.25, 0.3) is 0 Å². The van der Waals surface area contributed by atoms with E-state index in [2.05, 4.69) is 6.07 Å². The lowest BCUT2D eigenvalue weighted by Crippen LogP contribution is -2.58. The third kappa shape index (κ3) is 1.72. The first-order valence-electron chi connectivity index (χ1n) is 7.18. The van der Waals surface area contributed by atoms with E-state index in [9.17, 15) is 15.8 Å². The van der Waals surface area contributed by atoms with Crippen molar-refractivity contribution in [3.8, 4) is 18.2 Å². The zero-order valence-electron chi connectivity index (χ0n) is 12.5. The van der Waals surface area contributed by atoms with Gasteiger partial charge in [0.2, 0.25) is 11.7 Å². The molecule has 2 heterocycles. The molecule has 23 heavy (non-hydrogen) atoms. The summed E-state index contributed by atoms with van der Waals surface area (Å²) in [5.74, 6) is -2.17. The van der Waals surface area contributed by atoms with Crippen molar-refractivity contribution in [2.45, 2.75) is 19.1 Å². The van der Waals surface area contributed by atoms with E-state index >= 15 is 0 Å². The van der Waals surface area contributed by atoms with Crippen molar-refractivity contribution in [1.29, 1.82) is 21.2 Å². The van der Waals surface area contributed by atoms with Crippen LogP contribution in [0.1, 0.15) is 12.5 Å². The molecule has 2 aliphatic heterocycles. The van der Waals surface area contributed by atoms with Crippen LogP contribution in [0.2, 0.25) is 0 Å². The summed E-state index contributed by atoms with van der Waals surface area (Å²) in [6, 6.07) is 15.3. The molecule has 3 unspecified atom stereocenters. The smallest absolute Gasteiger partial charge is 0.214 e. The average Bonchev–Trinajstić information content (AvgIpc) is 2.72. The van der Waals surface area contributed by atoms with E-state index in [1.54, 1.807) is 6.92 Å². The van der Waals surface area contributed by atoms with E-state index in [4.69, 9.17) is 14.9 Å². The minimum atomic E-state index is -1.76. The topological polar surface area (TPSA) is 114 Å². The Morgan fingerprint density at radius 2 is 1.83 bits per heavy atom. The fraction of sp³-hybridized carbons (Fsp3) is 0.412. The van der Waals surface area contributed by atoms with Gasteiger partial charge in [-0.15, -0.1) is 0 Å².